The Bertz CT molecular complexity index is 229. The maximum Gasteiger partial charge on any atom is 0.240 e. The van der Waals surface area contributed by atoms with Crippen LogP contribution in [0.5, 0.6) is 0 Å². The molecule has 16 heavy (non-hydrogen) atoms. The number of nitrogens with one attached hydrogen (secondary N) is 1. The minimum atomic E-state index is -0.763. The number of amides is 1. The molecule has 2 atom stereocenters. The van der Waals surface area contributed by atoms with Gasteiger partial charge in [0.2, 0.25) is 5.91 Å². The number of methoxy groups -OCH3 is 1. The number of primary amides is 1. The zero-order valence-corrected chi connectivity index (χ0v) is 10.1. The van der Waals surface area contributed by atoms with Gasteiger partial charge in [0, 0.05) is 20.3 Å². The first-order valence-corrected chi connectivity index (χ1v) is 5.80. The number of ether oxygens (including phenoxy) is 2. The highest BCUT2D eigenvalue weighted by atomic mass is 16.5. The summed E-state index contributed by atoms with van der Waals surface area (Å²) in [7, 11) is 1.57. The largest absolute Gasteiger partial charge is 0.382 e. The molecule has 2 unspecified atom stereocenters. The van der Waals surface area contributed by atoms with Gasteiger partial charge in [0.1, 0.15) is 5.54 Å². The Hall–Kier alpha value is -0.650. The molecule has 0 aromatic carbocycles. The standard InChI is InChI=1S/C11H22N2O3/c1-3-11(8-15-2,10(12)14)13-7-9-5-4-6-16-9/h9,13H,3-8H2,1-2H3,(H2,12,14). The van der Waals surface area contributed by atoms with Crippen LogP contribution < -0.4 is 11.1 Å². The molecule has 1 fully saturated rings. The highest BCUT2D eigenvalue weighted by molar-refractivity contribution is 5.84. The van der Waals surface area contributed by atoms with Crippen molar-refractivity contribution in [3.8, 4) is 0 Å². The summed E-state index contributed by atoms with van der Waals surface area (Å²) in [5.74, 6) is -0.366. The first-order valence-electron chi connectivity index (χ1n) is 5.80. The van der Waals surface area contributed by atoms with Crippen molar-refractivity contribution in [2.75, 3.05) is 26.9 Å². The van der Waals surface area contributed by atoms with E-state index in [2.05, 4.69) is 5.32 Å². The maximum atomic E-state index is 11.5. The zero-order chi connectivity index (χ0) is 12.0. The summed E-state index contributed by atoms with van der Waals surface area (Å²) in [5.41, 5.74) is 4.67. The predicted molar refractivity (Wildman–Crippen MR) is 61.1 cm³/mol. The van der Waals surface area contributed by atoms with Gasteiger partial charge in [-0.25, -0.2) is 0 Å². The van der Waals surface area contributed by atoms with E-state index in [-0.39, 0.29) is 12.0 Å². The molecule has 0 saturated carbocycles. The van der Waals surface area contributed by atoms with Crippen LogP contribution in [0.15, 0.2) is 0 Å². The van der Waals surface area contributed by atoms with Gasteiger partial charge in [-0.2, -0.15) is 0 Å². The van der Waals surface area contributed by atoms with Crippen molar-refractivity contribution in [1.82, 2.24) is 5.32 Å². The Balaban J connectivity index is 2.50. The summed E-state index contributed by atoms with van der Waals surface area (Å²) in [4.78, 5) is 11.5. The molecule has 0 bridgehead atoms. The molecule has 0 aromatic heterocycles. The van der Waals surface area contributed by atoms with Gasteiger partial charge in [0.05, 0.1) is 12.7 Å². The van der Waals surface area contributed by atoms with Gasteiger partial charge in [-0.15, -0.1) is 0 Å². The van der Waals surface area contributed by atoms with Crippen molar-refractivity contribution < 1.29 is 14.3 Å². The van der Waals surface area contributed by atoms with Gasteiger partial charge in [-0.3, -0.25) is 10.1 Å². The van der Waals surface area contributed by atoms with E-state index in [1.807, 2.05) is 6.92 Å². The summed E-state index contributed by atoms with van der Waals surface area (Å²) in [6, 6.07) is 0. The van der Waals surface area contributed by atoms with Crippen LogP contribution in [0.1, 0.15) is 26.2 Å². The normalized spacial score (nSPS) is 24.2. The van der Waals surface area contributed by atoms with Crippen LogP contribution in [0, 0.1) is 0 Å². The average Bonchev–Trinajstić information content (AvgIpc) is 2.76. The molecular weight excluding hydrogens is 208 g/mol. The zero-order valence-electron chi connectivity index (χ0n) is 10.1. The van der Waals surface area contributed by atoms with Crippen LogP contribution in [0.2, 0.25) is 0 Å². The Morgan fingerprint density at radius 3 is 2.88 bits per heavy atom. The van der Waals surface area contributed by atoms with E-state index < -0.39 is 5.54 Å². The van der Waals surface area contributed by atoms with E-state index in [1.54, 1.807) is 7.11 Å². The fraction of sp³-hybridized carbons (Fsp3) is 0.909. The van der Waals surface area contributed by atoms with Crippen LogP contribution in [-0.4, -0.2) is 44.4 Å². The van der Waals surface area contributed by atoms with Crippen molar-refractivity contribution in [2.24, 2.45) is 5.73 Å². The molecule has 1 heterocycles. The molecule has 1 rings (SSSR count). The first kappa shape index (κ1) is 13.4. The molecule has 5 nitrogen and oxygen atoms in total. The minimum absolute atomic E-state index is 0.196. The minimum Gasteiger partial charge on any atom is -0.382 e. The molecule has 0 spiro atoms. The van der Waals surface area contributed by atoms with Gasteiger partial charge >= 0.3 is 0 Å². The van der Waals surface area contributed by atoms with E-state index in [0.29, 0.717) is 19.6 Å². The molecule has 3 N–H and O–H groups in total. The molecule has 1 amide bonds. The molecule has 1 aliphatic rings. The van der Waals surface area contributed by atoms with Crippen molar-refractivity contribution in [3.05, 3.63) is 0 Å². The van der Waals surface area contributed by atoms with E-state index in [4.69, 9.17) is 15.2 Å². The van der Waals surface area contributed by atoms with Gasteiger partial charge in [-0.05, 0) is 19.3 Å². The van der Waals surface area contributed by atoms with Crippen LogP contribution in [0.4, 0.5) is 0 Å². The van der Waals surface area contributed by atoms with Gasteiger partial charge in [0.25, 0.3) is 0 Å². The lowest BCUT2D eigenvalue weighted by Gasteiger charge is -2.31. The smallest absolute Gasteiger partial charge is 0.240 e. The number of carbonyl (C=O) groups excluding carboxylic acids is 1. The number of hydrogen-bond acceptors (Lipinski definition) is 4. The van der Waals surface area contributed by atoms with Gasteiger partial charge in [-0.1, -0.05) is 6.92 Å². The average molecular weight is 230 g/mol. The van der Waals surface area contributed by atoms with Gasteiger partial charge in [0.15, 0.2) is 0 Å². The predicted octanol–water partition coefficient (Wildman–Crippen LogP) is 0.0355. The van der Waals surface area contributed by atoms with E-state index in [1.165, 1.54) is 0 Å². The third-order valence-corrected chi connectivity index (χ3v) is 3.16. The Kier molecular flexibility index (Phi) is 5.18. The van der Waals surface area contributed by atoms with Crippen LogP contribution >= 0.6 is 0 Å². The second-order valence-corrected chi connectivity index (χ2v) is 4.25. The van der Waals surface area contributed by atoms with Crippen LogP contribution in [0.3, 0.4) is 0 Å². The molecule has 0 aliphatic carbocycles. The topological polar surface area (TPSA) is 73.6 Å². The van der Waals surface area contributed by atoms with Crippen LogP contribution in [-0.2, 0) is 14.3 Å². The molecule has 0 aromatic rings. The summed E-state index contributed by atoms with van der Waals surface area (Å²) in [6.45, 7) is 3.68. The lowest BCUT2D eigenvalue weighted by molar-refractivity contribution is -0.127. The van der Waals surface area contributed by atoms with Crippen LogP contribution in [0.25, 0.3) is 0 Å². The summed E-state index contributed by atoms with van der Waals surface area (Å²) in [5, 5.41) is 3.20. The monoisotopic (exact) mass is 230 g/mol. The fourth-order valence-electron chi connectivity index (χ4n) is 1.97. The summed E-state index contributed by atoms with van der Waals surface area (Å²) in [6.07, 6.45) is 2.94. The number of rotatable bonds is 7. The summed E-state index contributed by atoms with van der Waals surface area (Å²) >= 11 is 0. The molecule has 1 aliphatic heterocycles. The van der Waals surface area contributed by atoms with E-state index >= 15 is 0 Å². The van der Waals surface area contributed by atoms with Gasteiger partial charge < -0.3 is 15.2 Å². The van der Waals surface area contributed by atoms with E-state index in [9.17, 15) is 4.79 Å². The fourth-order valence-corrected chi connectivity index (χ4v) is 1.97. The van der Waals surface area contributed by atoms with Crippen molar-refractivity contribution in [1.29, 1.82) is 0 Å². The molecular formula is C11H22N2O3. The second-order valence-electron chi connectivity index (χ2n) is 4.25. The molecule has 0 radical (unpaired) electrons. The van der Waals surface area contributed by atoms with Crippen molar-refractivity contribution in [3.63, 3.8) is 0 Å². The third kappa shape index (κ3) is 3.17. The summed E-state index contributed by atoms with van der Waals surface area (Å²) < 4.78 is 10.6. The maximum absolute atomic E-state index is 11.5. The second kappa shape index (κ2) is 6.18. The lowest BCUT2D eigenvalue weighted by Crippen LogP contribution is -2.59. The SMILES string of the molecule is CCC(COC)(NCC1CCCO1)C(N)=O. The number of carbonyl (C=O) groups is 1. The van der Waals surface area contributed by atoms with Crippen molar-refractivity contribution in [2.45, 2.75) is 37.8 Å². The highest BCUT2D eigenvalue weighted by Gasteiger charge is 2.35. The Morgan fingerprint density at radius 1 is 1.69 bits per heavy atom. The number of hydrogen-bond donors (Lipinski definition) is 2. The lowest BCUT2D eigenvalue weighted by atomic mass is 9.96. The third-order valence-electron chi connectivity index (χ3n) is 3.16. The molecule has 5 heteroatoms. The molecule has 1 saturated heterocycles. The molecule has 94 valence electrons. The Morgan fingerprint density at radius 2 is 2.44 bits per heavy atom. The first-order chi connectivity index (χ1) is 7.64. The number of nitrogens with two attached hydrogens (primary N) is 1. The Labute approximate surface area is 96.7 Å². The van der Waals surface area contributed by atoms with Crippen molar-refractivity contribution >= 4 is 5.91 Å². The highest BCUT2D eigenvalue weighted by Crippen LogP contribution is 2.15. The quantitative estimate of drug-likeness (QED) is 0.647. The van der Waals surface area contributed by atoms with E-state index in [0.717, 1.165) is 19.4 Å².